The molecule has 0 saturated carbocycles. The van der Waals surface area contributed by atoms with Crippen LogP contribution >= 0.6 is 0 Å². The lowest BCUT2D eigenvalue weighted by Crippen LogP contribution is -2.15. The summed E-state index contributed by atoms with van der Waals surface area (Å²) in [5.41, 5.74) is 0.980. The molecule has 0 radical (unpaired) electrons. The molecule has 0 aliphatic heterocycles. The monoisotopic (exact) mass is 351 g/mol. The van der Waals surface area contributed by atoms with Crippen LogP contribution in [-0.2, 0) is 0 Å². The van der Waals surface area contributed by atoms with Crippen molar-refractivity contribution in [2.75, 3.05) is 10.6 Å². The number of nitrogens with one attached hydrogen (secondary N) is 2. The standard InChI is InChI=1S/C18H11F2N5O/c19-12-3-6-15(14(20)9-12)24-17(26)16-7-8-22-18(25-16)23-13-4-1-11(10-21)2-5-13/h1-9H,(H,24,26)(H,22,23,25). The minimum atomic E-state index is -0.886. The first kappa shape index (κ1) is 17.0. The van der Waals surface area contributed by atoms with E-state index >= 15 is 0 Å². The van der Waals surface area contributed by atoms with Gasteiger partial charge in [-0.1, -0.05) is 0 Å². The zero-order chi connectivity index (χ0) is 18.5. The molecule has 0 saturated heterocycles. The Morgan fingerprint density at radius 2 is 1.85 bits per heavy atom. The molecular weight excluding hydrogens is 340 g/mol. The molecule has 3 rings (SSSR count). The molecule has 2 aromatic carbocycles. The van der Waals surface area contributed by atoms with E-state index in [0.29, 0.717) is 17.3 Å². The van der Waals surface area contributed by atoms with Crippen LogP contribution in [0.25, 0.3) is 0 Å². The Bertz CT molecular complexity index is 999. The second-order valence-electron chi connectivity index (χ2n) is 5.16. The van der Waals surface area contributed by atoms with Gasteiger partial charge in [0.15, 0.2) is 0 Å². The number of halogens is 2. The lowest BCUT2D eigenvalue weighted by atomic mass is 10.2. The predicted octanol–water partition coefficient (Wildman–Crippen LogP) is 3.62. The number of carbonyl (C=O) groups is 1. The van der Waals surface area contributed by atoms with Crippen LogP contribution < -0.4 is 10.6 Å². The van der Waals surface area contributed by atoms with E-state index in [1.165, 1.54) is 12.3 Å². The van der Waals surface area contributed by atoms with Gasteiger partial charge in [-0.3, -0.25) is 4.79 Å². The van der Waals surface area contributed by atoms with Crippen molar-refractivity contribution in [3.63, 3.8) is 0 Å². The van der Waals surface area contributed by atoms with Crippen molar-refractivity contribution >= 4 is 23.2 Å². The summed E-state index contributed by atoms with van der Waals surface area (Å²) in [5, 5.41) is 14.0. The van der Waals surface area contributed by atoms with E-state index in [1.807, 2.05) is 6.07 Å². The molecule has 0 aliphatic rings. The van der Waals surface area contributed by atoms with Crippen LogP contribution in [0, 0.1) is 23.0 Å². The zero-order valence-electron chi connectivity index (χ0n) is 13.2. The van der Waals surface area contributed by atoms with Crippen molar-refractivity contribution in [2.24, 2.45) is 0 Å². The van der Waals surface area contributed by atoms with Crippen molar-refractivity contribution in [3.8, 4) is 6.07 Å². The van der Waals surface area contributed by atoms with Gasteiger partial charge < -0.3 is 10.6 Å². The van der Waals surface area contributed by atoms with E-state index in [2.05, 4.69) is 20.6 Å². The maximum atomic E-state index is 13.6. The summed E-state index contributed by atoms with van der Waals surface area (Å²) >= 11 is 0. The van der Waals surface area contributed by atoms with Crippen molar-refractivity contribution in [2.45, 2.75) is 0 Å². The fourth-order valence-electron chi connectivity index (χ4n) is 2.08. The molecule has 128 valence electrons. The quantitative estimate of drug-likeness (QED) is 0.749. The van der Waals surface area contributed by atoms with Gasteiger partial charge in [-0.05, 0) is 42.5 Å². The summed E-state index contributed by atoms with van der Waals surface area (Å²) in [7, 11) is 0. The fourth-order valence-corrected chi connectivity index (χ4v) is 2.08. The van der Waals surface area contributed by atoms with E-state index in [0.717, 1.165) is 12.1 Å². The largest absolute Gasteiger partial charge is 0.324 e. The number of anilines is 3. The molecule has 0 bridgehead atoms. The Kier molecular flexibility index (Phi) is 4.80. The highest BCUT2D eigenvalue weighted by Crippen LogP contribution is 2.17. The fraction of sp³-hybridized carbons (Fsp3) is 0. The Hall–Kier alpha value is -3.86. The molecule has 0 spiro atoms. The van der Waals surface area contributed by atoms with Crippen LogP contribution in [0.2, 0.25) is 0 Å². The Morgan fingerprint density at radius 3 is 2.54 bits per heavy atom. The normalized spacial score (nSPS) is 10.0. The third kappa shape index (κ3) is 3.96. The number of nitrogens with zero attached hydrogens (tertiary/aromatic N) is 3. The van der Waals surface area contributed by atoms with Crippen molar-refractivity contribution in [3.05, 3.63) is 77.6 Å². The minimum Gasteiger partial charge on any atom is -0.324 e. The van der Waals surface area contributed by atoms with Crippen LogP contribution in [0.15, 0.2) is 54.7 Å². The minimum absolute atomic E-state index is 0.000120. The number of aromatic nitrogens is 2. The van der Waals surface area contributed by atoms with E-state index in [4.69, 9.17) is 5.26 Å². The smallest absolute Gasteiger partial charge is 0.274 e. The van der Waals surface area contributed by atoms with Gasteiger partial charge in [0.1, 0.15) is 17.3 Å². The lowest BCUT2D eigenvalue weighted by molar-refractivity contribution is 0.102. The molecular formula is C18H11F2N5O. The average Bonchev–Trinajstić information content (AvgIpc) is 2.65. The molecule has 2 N–H and O–H groups in total. The van der Waals surface area contributed by atoms with Gasteiger partial charge in [0.05, 0.1) is 17.3 Å². The van der Waals surface area contributed by atoms with Crippen LogP contribution in [0.5, 0.6) is 0 Å². The summed E-state index contributed by atoms with van der Waals surface area (Å²) in [6, 6.07) is 12.8. The zero-order valence-corrected chi connectivity index (χ0v) is 13.2. The van der Waals surface area contributed by atoms with E-state index < -0.39 is 17.5 Å². The topological polar surface area (TPSA) is 90.7 Å². The second-order valence-corrected chi connectivity index (χ2v) is 5.16. The van der Waals surface area contributed by atoms with Crippen molar-refractivity contribution < 1.29 is 13.6 Å². The summed E-state index contributed by atoms with van der Waals surface area (Å²) in [6.45, 7) is 0. The maximum absolute atomic E-state index is 13.6. The van der Waals surface area contributed by atoms with Crippen molar-refractivity contribution in [1.82, 2.24) is 9.97 Å². The molecule has 0 unspecified atom stereocenters. The second kappa shape index (κ2) is 7.36. The lowest BCUT2D eigenvalue weighted by Gasteiger charge is -2.08. The Morgan fingerprint density at radius 1 is 1.08 bits per heavy atom. The Balaban J connectivity index is 1.75. The van der Waals surface area contributed by atoms with Gasteiger partial charge in [-0.25, -0.2) is 18.7 Å². The molecule has 8 heteroatoms. The number of hydrogen-bond acceptors (Lipinski definition) is 5. The van der Waals surface area contributed by atoms with Gasteiger partial charge in [-0.15, -0.1) is 0 Å². The van der Waals surface area contributed by atoms with Crippen LogP contribution in [0.3, 0.4) is 0 Å². The third-order valence-electron chi connectivity index (χ3n) is 3.34. The summed E-state index contributed by atoms with van der Waals surface area (Å²) in [4.78, 5) is 20.3. The van der Waals surface area contributed by atoms with Gasteiger partial charge in [0.25, 0.3) is 5.91 Å². The number of benzene rings is 2. The Labute approximate surface area is 147 Å². The molecule has 6 nitrogen and oxygen atoms in total. The predicted molar refractivity (Wildman–Crippen MR) is 90.8 cm³/mol. The molecule has 1 amide bonds. The van der Waals surface area contributed by atoms with E-state index in [-0.39, 0.29) is 17.3 Å². The van der Waals surface area contributed by atoms with Crippen LogP contribution in [0.4, 0.5) is 26.1 Å². The number of nitriles is 1. The highest BCUT2D eigenvalue weighted by molar-refractivity contribution is 6.03. The van der Waals surface area contributed by atoms with Crippen molar-refractivity contribution in [1.29, 1.82) is 5.26 Å². The van der Waals surface area contributed by atoms with Gasteiger partial charge >= 0.3 is 0 Å². The highest BCUT2D eigenvalue weighted by atomic mass is 19.1. The van der Waals surface area contributed by atoms with Gasteiger partial charge in [0.2, 0.25) is 5.95 Å². The number of carbonyl (C=O) groups excluding carboxylic acids is 1. The summed E-state index contributed by atoms with van der Waals surface area (Å²) < 4.78 is 26.5. The molecule has 3 aromatic rings. The maximum Gasteiger partial charge on any atom is 0.274 e. The van der Waals surface area contributed by atoms with Crippen LogP contribution in [-0.4, -0.2) is 15.9 Å². The summed E-state index contributed by atoms with van der Waals surface area (Å²) in [6.07, 6.45) is 1.37. The van der Waals surface area contributed by atoms with E-state index in [9.17, 15) is 13.6 Å². The molecule has 0 atom stereocenters. The molecule has 1 heterocycles. The first-order chi connectivity index (χ1) is 12.5. The SMILES string of the molecule is N#Cc1ccc(Nc2nccc(C(=O)Nc3ccc(F)cc3F)n2)cc1. The highest BCUT2D eigenvalue weighted by Gasteiger charge is 2.12. The molecule has 0 fully saturated rings. The van der Waals surface area contributed by atoms with E-state index in [1.54, 1.807) is 24.3 Å². The first-order valence-corrected chi connectivity index (χ1v) is 7.42. The number of hydrogen-bond donors (Lipinski definition) is 2. The number of rotatable bonds is 4. The number of amides is 1. The average molecular weight is 351 g/mol. The van der Waals surface area contributed by atoms with Gasteiger partial charge in [-0.2, -0.15) is 5.26 Å². The first-order valence-electron chi connectivity index (χ1n) is 7.42. The molecule has 26 heavy (non-hydrogen) atoms. The third-order valence-corrected chi connectivity index (χ3v) is 3.34. The van der Waals surface area contributed by atoms with Gasteiger partial charge in [0, 0.05) is 18.0 Å². The molecule has 1 aromatic heterocycles. The molecule has 0 aliphatic carbocycles. The van der Waals surface area contributed by atoms with Crippen LogP contribution in [0.1, 0.15) is 16.1 Å². The summed E-state index contributed by atoms with van der Waals surface area (Å²) in [5.74, 6) is -2.14.